The molecule has 1 fully saturated rings. The summed E-state index contributed by atoms with van der Waals surface area (Å²) in [5.41, 5.74) is 4.33. The molecule has 0 radical (unpaired) electrons. The fourth-order valence-electron chi connectivity index (χ4n) is 4.47. The molecule has 0 spiro atoms. The molecule has 2 aliphatic rings. The van der Waals surface area contributed by atoms with E-state index in [1.165, 1.54) is 12.1 Å². The third-order valence-corrected chi connectivity index (χ3v) is 6.52. The van der Waals surface area contributed by atoms with Crippen molar-refractivity contribution in [1.82, 2.24) is 9.80 Å². The van der Waals surface area contributed by atoms with Crippen LogP contribution in [0, 0.1) is 0 Å². The molecule has 8 nitrogen and oxygen atoms in total. The third kappa shape index (κ3) is 4.58. The van der Waals surface area contributed by atoms with Gasteiger partial charge >= 0.3 is 5.97 Å². The number of fused-ring (bicyclic) bond motifs is 1. The summed E-state index contributed by atoms with van der Waals surface area (Å²) < 4.78 is 0. The van der Waals surface area contributed by atoms with Crippen molar-refractivity contribution in [1.29, 1.82) is 0 Å². The monoisotopic (exact) mass is 482 g/mol. The first-order chi connectivity index (χ1) is 17.4. The van der Waals surface area contributed by atoms with Gasteiger partial charge in [0.15, 0.2) is 0 Å². The molecule has 1 saturated heterocycles. The number of nitrogens with one attached hydrogen (secondary N) is 2. The van der Waals surface area contributed by atoms with Crippen LogP contribution in [0.2, 0.25) is 0 Å². The minimum absolute atomic E-state index is 0.00891. The van der Waals surface area contributed by atoms with Gasteiger partial charge in [-0.25, -0.2) is 4.79 Å². The molecule has 0 aliphatic carbocycles. The summed E-state index contributed by atoms with van der Waals surface area (Å²) in [6, 6.07) is 21.3. The zero-order chi connectivity index (χ0) is 25.2. The largest absolute Gasteiger partial charge is 0.478 e. The van der Waals surface area contributed by atoms with Crippen LogP contribution in [-0.2, 0) is 4.79 Å². The molecular weight excluding hydrogens is 456 g/mol. The number of carboxylic acids is 1. The molecule has 5 rings (SSSR count). The summed E-state index contributed by atoms with van der Waals surface area (Å²) in [6.07, 6.45) is 0. The molecule has 0 bridgehead atoms. The Balaban J connectivity index is 1.48. The highest BCUT2D eigenvalue weighted by atomic mass is 16.4. The Hall–Kier alpha value is -4.43. The average molecular weight is 483 g/mol. The van der Waals surface area contributed by atoms with Gasteiger partial charge in [0.25, 0.3) is 11.8 Å². The van der Waals surface area contributed by atoms with E-state index in [1.807, 2.05) is 47.4 Å². The molecule has 3 aromatic rings. The lowest BCUT2D eigenvalue weighted by Gasteiger charge is -2.32. The van der Waals surface area contributed by atoms with Gasteiger partial charge in [0.05, 0.1) is 22.5 Å². The van der Waals surface area contributed by atoms with E-state index < -0.39 is 5.97 Å². The van der Waals surface area contributed by atoms with Crippen molar-refractivity contribution in [2.75, 3.05) is 43.9 Å². The topological polar surface area (TPSA) is 102 Å². The normalized spacial score (nSPS) is 16.8. The number of benzene rings is 3. The number of carboxylic acid groups (broad SMARTS) is 1. The molecule has 8 heteroatoms. The number of nitrogens with zero attached hydrogens (tertiary/aromatic N) is 2. The van der Waals surface area contributed by atoms with E-state index in [-0.39, 0.29) is 17.4 Å². The summed E-state index contributed by atoms with van der Waals surface area (Å²) in [5.74, 6) is -1.37. The second-order valence-corrected chi connectivity index (χ2v) is 8.93. The van der Waals surface area contributed by atoms with Crippen LogP contribution in [0.5, 0.6) is 0 Å². The number of piperazine rings is 1. The maximum Gasteiger partial charge on any atom is 0.335 e. The van der Waals surface area contributed by atoms with Gasteiger partial charge in [-0.3, -0.25) is 9.59 Å². The van der Waals surface area contributed by atoms with Crippen LogP contribution in [0.1, 0.15) is 31.8 Å². The number of carbonyl (C=O) groups excluding carboxylic acids is 2. The van der Waals surface area contributed by atoms with Crippen molar-refractivity contribution in [3.63, 3.8) is 0 Å². The Kier molecular flexibility index (Phi) is 6.26. The average Bonchev–Trinajstić information content (AvgIpc) is 3.23. The molecule has 0 aromatic heterocycles. The van der Waals surface area contributed by atoms with Crippen LogP contribution >= 0.6 is 0 Å². The predicted molar refractivity (Wildman–Crippen MR) is 139 cm³/mol. The van der Waals surface area contributed by atoms with Crippen LogP contribution < -0.4 is 10.6 Å². The number of anilines is 2. The van der Waals surface area contributed by atoms with Crippen LogP contribution in [0.4, 0.5) is 11.4 Å². The minimum Gasteiger partial charge on any atom is -0.478 e. The summed E-state index contributed by atoms with van der Waals surface area (Å²) in [4.78, 5) is 41.4. The number of carbonyl (C=O) groups is 3. The quantitative estimate of drug-likeness (QED) is 0.480. The molecule has 2 amide bonds. The smallest absolute Gasteiger partial charge is 0.335 e. The Morgan fingerprint density at radius 3 is 2.19 bits per heavy atom. The summed E-state index contributed by atoms with van der Waals surface area (Å²) in [7, 11) is 2.05. The number of likely N-dealkylation sites (N-methyl/N-ethyl adjacent to an activating group) is 1. The summed E-state index contributed by atoms with van der Waals surface area (Å²) in [6.45, 7) is 3.13. The second-order valence-electron chi connectivity index (χ2n) is 8.93. The molecule has 0 atom stereocenters. The molecule has 3 aromatic carbocycles. The van der Waals surface area contributed by atoms with E-state index in [4.69, 9.17) is 0 Å². The van der Waals surface area contributed by atoms with E-state index >= 15 is 0 Å². The van der Waals surface area contributed by atoms with Crippen molar-refractivity contribution in [2.24, 2.45) is 0 Å². The maximum atomic E-state index is 13.0. The Bertz CT molecular complexity index is 1360. The molecule has 2 heterocycles. The Morgan fingerprint density at radius 2 is 1.53 bits per heavy atom. The van der Waals surface area contributed by atoms with Gasteiger partial charge in [0.2, 0.25) is 0 Å². The van der Waals surface area contributed by atoms with Gasteiger partial charge in [-0.15, -0.1) is 0 Å². The fraction of sp³-hybridized carbons (Fsp3) is 0.179. The number of aromatic carboxylic acids is 1. The van der Waals surface area contributed by atoms with Gasteiger partial charge < -0.3 is 25.5 Å². The number of rotatable bonds is 5. The van der Waals surface area contributed by atoms with Crippen molar-refractivity contribution < 1.29 is 19.5 Å². The van der Waals surface area contributed by atoms with Gasteiger partial charge in [0, 0.05) is 43.0 Å². The fourth-order valence-corrected chi connectivity index (χ4v) is 4.47. The molecule has 3 N–H and O–H groups in total. The highest BCUT2D eigenvalue weighted by Crippen LogP contribution is 2.38. The molecule has 2 aliphatic heterocycles. The van der Waals surface area contributed by atoms with Crippen molar-refractivity contribution in [3.8, 4) is 0 Å². The predicted octanol–water partition coefficient (Wildman–Crippen LogP) is 3.70. The van der Waals surface area contributed by atoms with Crippen molar-refractivity contribution in [3.05, 3.63) is 95.1 Å². The first-order valence-corrected chi connectivity index (χ1v) is 11.7. The van der Waals surface area contributed by atoms with Crippen LogP contribution in [0.3, 0.4) is 0 Å². The van der Waals surface area contributed by atoms with E-state index in [2.05, 4.69) is 22.6 Å². The van der Waals surface area contributed by atoms with Crippen molar-refractivity contribution >= 4 is 40.4 Å². The number of amides is 2. The molecule has 36 heavy (non-hydrogen) atoms. The van der Waals surface area contributed by atoms with E-state index in [1.54, 1.807) is 18.2 Å². The van der Waals surface area contributed by atoms with Gasteiger partial charge in [0.1, 0.15) is 0 Å². The lowest BCUT2D eigenvalue weighted by Crippen LogP contribution is -2.47. The molecular formula is C28H26N4O4. The Labute approximate surface area is 208 Å². The molecule has 0 saturated carbocycles. The SMILES string of the molecule is CN1CCN(C(=O)c2ccc(N/C(=C3\C(=O)Nc4cc(C(=O)O)ccc43)c3ccccc3)cc2)CC1. The molecule has 0 unspecified atom stereocenters. The van der Waals surface area contributed by atoms with E-state index in [9.17, 15) is 19.5 Å². The zero-order valence-corrected chi connectivity index (χ0v) is 19.8. The highest BCUT2D eigenvalue weighted by Gasteiger charge is 2.29. The standard InChI is InChI=1S/C28H26N4O4/c1-31-13-15-32(16-14-31)27(34)19-7-10-21(11-8-19)29-25(18-5-3-2-4-6-18)24-22-12-9-20(28(35)36)17-23(22)30-26(24)33/h2-12,17,29H,13-16H2,1H3,(H,30,33)(H,35,36)/b25-24-. The van der Waals surface area contributed by atoms with E-state index in [0.29, 0.717) is 41.2 Å². The Morgan fingerprint density at radius 1 is 0.861 bits per heavy atom. The maximum absolute atomic E-state index is 13.0. The zero-order valence-electron chi connectivity index (χ0n) is 19.8. The highest BCUT2D eigenvalue weighted by molar-refractivity contribution is 6.37. The first-order valence-electron chi connectivity index (χ1n) is 11.7. The van der Waals surface area contributed by atoms with Crippen LogP contribution in [0.15, 0.2) is 72.8 Å². The molecule has 182 valence electrons. The second kappa shape index (κ2) is 9.67. The van der Waals surface area contributed by atoms with Gasteiger partial charge in [-0.05, 0) is 49.0 Å². The van der Waals surface area contributed by atoms with Crippen LogP contribution in [-0.4, -0.2) is 65.9 Å². The number of hydrogen-bond acceptors (Lipinski definition) is 5. The van der Waals surface area contributed by atoms with Crippen molar-refractivity contribution in [2.45, 2.75) is 0 Å². The van der Waals surface area contributed by atoms with E-state index in [0.717, 1.165) is 24.3 Å². The van der Waals surface area contributed by atoms with Gasteiger partial charge in [-0.2, -0.15) is 0 Å². The number of hydrogen-bond donors (Lipinski definition) is 3. The first kappa shape index (κ1) is 23.3. The third-order valence-electron chi connectivity index (χ3n) is 6.52. The summed E-state index contributed by atoms with van der Waals surface area (Å²) in [5, 5.41) is 15.5. The van der Waals surface area contributed by atoms with Gasteiger partial charge in [-0.1, -0.05) is 36.4 Å². The lowest BCUT2D eigenvalue weighted by molar-refractivity contribution is -0.110. The lowest BCUT2D eigenvalue weighted by atomic mass is 9.99. The minimum atomic E-state index is -1.06. The van der Waals surface area contributed by atoms with Crippen LogP contribution in [0.25, 0.3) is 11.3 Å². The summed E-state index contributed by atoms with van der Waals surface area (Å²) >= 11 is 0.